The fraction of sp³-hybridized carbons (Fsp3) is 0.318. The van der Waals surface area contributed by atoms with E-state index >= 15 is 0 Å². The van der Waals surface area contributed by atoms with Crippen LogP contribution in [0.5, 0.6) is 17.2 Å². The molecular weight excluding hydrogens is 388 g/mol. The molecule has 1 aliphatic rings. The van der Waals surface area contributed by atoms with Gasteiger partial charge in [-0.15, -0.1) is 0 Å². The van der Waals surface area contributed by atoms with Gasteiger partial charge in [0.2, 0.25) is 11.7 Å². The maximum Gasteiger partial charge on any atom is 0.261 e. The second kappa shape index (κ2) is 9.30. The number of rotatable bonds is 9. The first kappa shape index (κ1) is 21.2. The van der Waals surface area contributed by atoms with E-state index < -0.39 is 0 Å². The Bertz CT molecular complexity index is 912. The number of imide groups is 1. The maximum absolute atomic E-state index is 12.3. The molecule has 1 N–H and O–H groups in total. The molecule has 0 atom stereocenters. The van der Waals surface area contributed by atoms with Crippen LogP contribution in [0.2, 0.25) is 0 Å². The normalized spacial score (nSPS) is 12.6. The topological polar surface area (TPSA) is 94.2 Å². The Hall–Kier alpha value is -3.55. The van der Waals surface area contributed by atoms with Gasteiger partial charge in [-0.2, -0.15) is 0 Å². The molecule has 0 aliphatic carbocycles. The quantitative estimate of drug-likeness (QED) is 0.636. The monoisotopic (exact) mass is 412 g/mol. The number of benzene rings is 2. The molecule has 0 spiro atoms. The third-order valence-corrected chi connectivity index (χ3v) is 4.88. The van der Waals surface area contributed by atoms with Crippen LogP contribution in [0.1, 0.15) is 39.1 Å². The predicted octanol–water partition coefficient (Wildman–Crippen LogP) is 2.41. The Labute approximate surface area is 174 Å². The van der Waals surface area contributed by atoms with Crippen molar-refractivity contribution in [3.8, 4) is 17.2 Å². The summed E-state index contributed by atoms with van der Waals surface area (Å²) in [5.74, 6) is 0.691. The van der Waals surface area contributed by atoms with Crippen LogP contribution in [0.3, 0.4) is 0 Å². The first-order valence-corrected chi connectivity index (χ1v) is 9.51. The van der Waals surface area contributed by atoms with Crippen molar-refractivity contribution >= 4 is 17.7 Å². The molecule has 1 aliphatic heterocycles. The minimum atomic E-state index is -0.312. The van der Waals surface area contributed by atoms with E-state index in [1.807, 2.05) is 0 Å². The fourth-order valence-electron chi connectivity index (χ4n) is 3.37. The number of nitrogens with zero attached hydrogens (tertiary/aromatic N) is 1. The van der Waals surface area contributed by atoms with Crippen LogP contribution in [-0.2, 0) is 11.3 Å². The van der Waals surface area contributed by atoms with Gasteiger partial charge in [0.05, 0.1) is 32.5 Å². The molecular formula is C22H24N2O6. The molecule has 0 radical (unpaired) electrons. The lowest BCUT2D eigenvalue weighted by atomic mass is 10.1. The van der Waals surface area contributed by atoms with E-state index in [9.17, 15) is 14.4 Å². The van der Waals surface area contributed by atoms with Crippen molar-refractivity contribution < 1.29 is 28.6 Å². The van der Waals surface area contributed by atoms with Crippen molar-refractivity contribution in [2.45, 2.75) is 19.4 Å². The number of amides is 3. The fourth-order valence-corrected chi connectivity index (χ4v) is 3.37. The van der Waals surface area contributed by atoms with E-state index in [0.29, 0.717) is 34.8 Å². The van der Waals surface area contributed by atoms with Crippen molar-refractivity contribution in [2.24, 2.45) is 0 Å². The van der Waals surface area contributed by atoms with Gasteiger partial charge in [0.1, 0.15) is 0 Å². The Morgan fingerprint density at radius 1 is 0.933 bits per heavy atom. The molecule has 3 rings (SSSR count). The lowest BCUT2D eigenvalue weighted by Crippen LogP contribution is -2.32. The summed E-state index contributed by atoms with van der Waals surface area (Å²) in [6.07, 6.45) is 0.574. The van der Waals surface area contributed by atoms with Crippen molar-refractivity contribution in [1.29, 1.82) is 0 Å². The van der Waals surface area contributed by atoms with Crippen molar-refractivity contribution in [2.75, 3.05) is 27.9 Å². The number of methoxy groups -OCH3 is 3. The van der Waals surface area contributed by atoms with Gasteiger partial charge in [0, 0.05) is 19.5 Å². The van der Waals surface area contributed by atoms with Crippen LogP contribution < -0.4 is 19.5 Å². The second-order valence-corrected chi connectivity index (χ2v) is 6.72. The number of carbonyl (C=O) groups is 3. The summed E-state index contributed by atoms with van der Waals surface area (Å²) in [4.78, 5) is 38.1. The van der Waals surface area contributed by atoms with Crippen LogP contribution in [0.25, 0.3) is 0 Å². The number of hydrogen-bond donors (Lipinski definition) is 1. The number of fused-ring (bicyclic) bond motifs is 1. The molecule has 2 aromatic rings. The minimum Gasteiger partial charge on any atom is -0.493 e. The van der Waals surface area contributed by atoms with E-state index in [1.165, 1.54) is 26.2 Å². The average Bonchev–Trinajstić information content (AvgIpc) is 3.01. The number of hydrogen-bond acceptors (Lipinski definition) is 6. The highest BCUT2D eigenvalue weighted by molar-refractivity contribution is 6.21. The van der Waals surface area contributed by atoms with Crippen LogP contribution >= 0.6 is 0 Å². The molecule has 8 heteroatoms. The zero-order chi connectivity index (χ0) is 21.7. The smallest absolute Gasteiger partial charge is 0.261 e. The highest BCUT2D eigenvalue weighted by Crippen LogP contribution is 2.38. The molecule has 3 amide bonds. The van der Waals surface area contributed by atoms with Crippen LogP contribution in [0, 0.1) is 0 Å². The van der Waals surface area contributed by atoms with Gasteiger partial charge < -0.3 is 19.5 Å². The van der Waals surface area contributed by atoms with E-state index in [4.69, 9.17) is 14.2 Å². The second-order valence-electron chi connectivity index (χ2n) is 6.72. The molecule has 1 heterocycles. The zero-order valence-electron chi connectivity index (χ0n) is 17.2. The first-order valence-electron chi connectivity index (χ1n) is 9.51. The van der Waals surface area contributed by atoms with Crippen LogP contribution in [-0.4, -0.2) is 50.5 Å². The van der Waals surface area contributed by atoms with Gasteiger partial charge in [-0.05, 0) is 36.2 Å². The molecule has 0 saturated heterocycles. The SMILES string of the molecule is COc1cc(CNC(=O)CCCN2C(=O)c3ccccc3C2=O)cc(OC)c1OC. The summed E-state index contributed by atoms with van der Waals surface area (Å²) < 4.78 is 15.9. The van der Waals surface area contributed by atoms with Crippen LogP contribution in [0.15, 0.2) is 36.4 Å². The van der Waals surface area contributed by atoms with E-state index in [2.05, 4.69) is 5.32 Å². The zero-order valence-corrected chi connectivity index (χ0v) is 17.2. The summed E-state index contributed by atoms with van der Waals surface area (Å²) in [5.41, 5.74) is 1.61. The molecule has 0 bridgehead atoms. The minimum absolute atomic E-state index is 0.180. The Morgan fingerprint density at radius 2 is 1.50 bits per heavy atom. The molecule has 158 valence electrons. The Morgan fingerprint density at radius 3 is 2.00 bits per heavy atom. The summed E-state index contributed by atoms with van der Waals surface area (Å²) in [7, 11) is 4.58. The Balaban J connectivity index is 1.52. The van der Waals surface area contributed by atoms with E-state index in [1.54, 1.807) is 36.4 Å². The van der Waals surface area contributed by atoms with Gasteiger partial charge in [0.15, 0.2) is 11.5 Å². The molecule has 0 aromatic heterocycles. The van der Waals surface area contributed by atoms with Gasteiger partial charge in [-0.1, -0.05) is 12.1 Å². The summed E-state index contributed by atoms with van der Waals surface area (Å²) in [6, 6.07) is 10.3. The third kappa shape index (κ3) is 4.22. The highest BCUT2D eigenvalue weighted by atomic mass is 16.5. The van der Waals surface area contributed by atoms with Gasteiger partial charge >= 0.3 is 0 Å². The van der Waals surface area contributed by atoms with Crippen LogP contribution in [0.4, 0.5) is 0 Å². The summed E-state index contributed by atoms with van der Waals surface area (Å²) >= 11 is 0. The lowest BCUT2D eigenvalue weighted by molar-refractivity contribution is -0.121. The predicted molar refractivity (Wildman–Crippen MR) is 109 cm³/mol. The average molecular weight is 412 g/mol. The largest absolute Gasteiger partial charge is 0.493 e. The molecule has 8 nitrogen and oxygen atoms in total. The van der Waals surface area contributed by atoms with Crippen molar-refractivity contribution in [3.05, 3.63) is 53.1 Å². The molecule has 0 fully saturated rings. The molecule has 0 unspecified atom stereocenters. The summed E-state index contributed by atoms with van der Waals surface area (Å²) in [6.45, 7) is 0.479. The van der Waals surface area contributed by atoms with Crippen molar-refractivity contribution in [3.63, 3.8) is 0 Å². The lowest BCUT2D eigenvalue weighted by Gasteiger charge is -2.15. The molecule has 2 aromatic carbocycles. The standard InChI is InChI=1S/C22H24N2O6/c1-28-17-11-14(12-18(29-2)20(17)30-3)13-23-19(25)9-6-10-24-21(26)15-7-4-5-8-16(15)22(24)27/h4-5,7-8,11-12H,6,9-10,13H2,1-3H3,(H,23,25). The molecule has 30 heavy (non-hydrogen) atoms. The summed E-state index contributed by atoms with van der Waals surface area (Å²) in [5, 5.41) is 2.82. The number of ether oxygens (including phenoxy) is 3. The molecule has 0 saturated carbocycles. The highest BCUT2D eigenvalue weighted by Gasteiger charge is 2.34. The number of nitrogens with one attached hydrogen (secondary N) is 1. The van der Waals surface area contributed by atoms with E-state index in [-0.39, 0.29) is 37.2 Å². The third-order valence-electron chi connectivity index (χ3n) is 4.88. The van der Waals surface area contributed by atoms with Gasteiger partial charge in [-0.25, -0.2) is 0 Å². The van der Waals surface area contributed by atoms with E-state index in [0.717, 1.165) is 5.56 Å². The van der Waals surface area contributed by atoms with Crippen molar-refractivity contribution in [1.82, 2.24) is 10.2 Å². The van der Waals surface area contributed by atoms with Gasteiger partial charge in [-0.3, -0.25) is 19.3 Å². The first-order chi connectivity index (χ1) is 14.5. The van der Waals surface area contributed by atoms with Gasteiger partial charge in [0.25, 0.3) is 11.8 Å². The Kier molecular flexibility index (Phi) is 6.56. The maximum atomic E-state index is 12.3. The number of carbonyl (C=O) groups excluding carboxylic acids is 3.